The normalized spacial score (nSPS) is 11.8. The third-order valence-electron chi connectivity index (χ3n) is 11.4. The molecule has 0 bridgehead atoms. The first kappa shape index (κ1) is 32.7. The van der Waals surface area contributed by atoms with Crippen molar-refractivity contribution < 1.29 is 0 Å². The maximum atomic E-state index is 5.23. The van der Waals surface area contributed by atoms with Crippen molar-refractivity contribution in [3.8, 4) is 51.0 Å². The smallest absolute Gasteiger partial charge is 0.164 e. The summed E-state index contributed by atoms with van der Waals surface area (Å²) in [5, 5.41) is 9.85. The van der Waals surface area contributed by atoms with Crippen molar-refractivity contribution in [3.05, 3.63) is 194 Å². The highest BCUT2D eigenvalue weighted by molar-refractivity contribution is 7.25. The summed E-state index contributed by atoms with van der Waals surface area (Å²) in [6.07, 6.45) is 0. The second kappa shape index (κ2) is 13.1. The van der Waals surface area contributed by atoms with E-state index in [1.165, 1.54) is 63.5 Å². The van der Waals surface area contributed by atoms with E-state index >= 15 is 0 Å². The molecule has 4 nitrogen and oxygen atoms in total. The lowest BCUT2D eigenvalue weighted by molar-refractivity contribution is 1.07. The summed E-state index contributed by atoms with van der Waals surface area (Å²) in [5.74, 6) is 1.92. The molecule has 5 heteroatoms. The lowest BCUT2D eigenvalue weighted by Crippen LogP contribution is -2.02. The Labute approximate surface area is 338 Å². The first-order chi connectivity index (χ1) is 28.7. The van der Waals surface area contributed by atoms with Crippen LogP contribution in [0, 0.1) is 0 Å². The zero-order chi connectivity index (χ0) is 38.2. The van der Waals surface area contributed by atoms with E-state index in [1.807, 2.05) is 18.2 Å². The van der Waals surface area contributed by atoms with Gasteiger partial charge in [-0.05, 0) is 81.7 Å². The maximum absolute atomic E-state index is 5.23. The number of benzene rings is 9. The van der Waals surface area contributed by atoms with Gasteiger partial charge in [-0.25, -0.2) is 15.0 Å². The molecule has 12 rings (SSSR count). The van der Waals surface area contributed by atoms with Crippen LogP contribution in [0.4, 0.5) is 0 Å². The van der Waals surface area contributed by atoms with Gasteiger partial charge < -0.3 is 4.57 Å². The van der Waals surface area contributed by atoms with Crippen LogP contribution in [0.15, 0.2) is 194 Å². The molecule has 0 spiro atoms. The van der Waals surface area contributed by atoms with Crippen molar-refractivity contribution in [2.75, 3.05) is 0 Å². The van der Waals surface area contributed by atoms with E-state index in [0.717, 1.165) is 33.5 Å². The summed E-state index contributed by atoms with van der Waals surface area (Å²) < 4.78 is 4.93. The van der Waals surface area contributed by atoms with Crippen LogP contribution in [0.3, 0.4) is 0 Å². The van der Waals surface area contributed by atoms with Gasteiger partial charge >= 0.3 is 0 Å². The Bertz CT molecular complexity index is 3470. The molecule has 0 N–H and O–H groups in total. The van der Waals surface area contributed by atoms with Crippen molar-refractivity contribution in [1.29, 1.82) is 0 Å². The van der Waals surface area contributed by atoms with E-state index in [4.69, 9.17) is 15.0 Å². The number of rotatable bonds is 5. The fourth-order valence-electron chi connectivity index (χ4n) is 8.58. The molecule has 0 unspecified atom stereocenters. The van der Waals surface area contributed by atoms with E-state index in [1.54, 1.807) is 11.3 Å². The van der Waals surface area contributed by atoms with Gasteiger partial charge in [0.15, 0.2) is 17.5 Å². The van der Waals surface area contributed by atoms with Gasteiger partial charge in [-0.3, -0.25) is 0 Å². The molecule has 0 aliphatic heterocycles. The summed E-state index contributed by atoms with van der Waals surface area (Å²) >= 11 is 1.80. The van der Waals surface area contributed by atoms with Crippen molar-refractivity contribution in [1.82, 2.24) is 19.5 Å². The third kappa shape index (κ3) is 5.32. The molecular weight excluding hydrogens is 725 g/mol. The molecule has 0 fully saturated rings. The Kier molecular flexibility index (Phi) is 7.37. The van der Waals surface area contributed by atoms with Crippen LogP contribution in [0.2, 0.25) is 0 Å². The molecule has 12 aromatic rings. The van der Waals surface area contributed by atoms with Crippen LogP contribution in [0.1, 0.15) is 0 Å². The van der Waals surface area contributed by atoms with E-state index in [9.17, 15) is 0 Å². The van der Waals surface area contributed by atoms with Crippen LogP contribution in [-0.2, 0) is 0 Å². The second-order valence-electron chi connectivity index (χ2n) is 14.8. The number of thiophene rings is 1. The first-order valence-electron chi connectivity index (χ1n) is 19.5. The minimum atomic E-state index is 0.628. The topological polar surface area (TPSA) is 43.6 Å². The Balaban J connectivity index is 1.10. The van der Waals surface area contributed by atoms with Crippen molar-refractivity contribution >= 4 is 74.9 Å². The molecule has 58 heavy (non-hydrogen) atoms. The molecule has 0 saturated heterocycles. The molecule has 3 aromatic heterocycles. The Hall–Kier alpha value is -7.47. The predicted octanol–water partition coefficient (Wildman–Crippen LogP) is 14.3. The highest BCUT2D eigenvalue weighted by atomic mass is 32.1. The minimum absolute atomic E-state index is 0.628. The molecule has 3 heterocycles. The zero-order valence-electron chi connectivity index (χ0n) is 31.2. The Morgan fingerprint density at radius 3 is 1.45 bits per heavy atom. The standard InChI is InChI=1S/C53H32N4S/c1-3-13-33(14-4-1)43-29-39(24-26-46(43)57-47-30-37-19-9-7-17-35(37)27-44(47)45-28-36-18-8-10-20-38(36)31-48(45)57)52-54-51(34-15-5-2-6-16-34)55-53(56-52)40-23-25-42-41-21-11-12-22-49(41)58-50(42)32-40/h1-32H. The van der Waals surface area contributed by atoms with Crippen LogP contribution in [0.5, 0.6) is 0 Å². The van der Waals surface area contributed by atoms with Crippen LogP contribution in [-0.4, -0.2) is 19.5 Å². The van der Waals surface area contributed by atoms with Gasteiger partial charge in [0.05, 0.1) is 16.7 Å². The Morgan fingerprint density at radius 1 is 0.328 bits per heavy atom. The average Bonchev–Trinajstić information content (AvgIpc) is 3.81. The average molecular weight is 757 g/mol. The van der Waals surface area contributed by atoms with Crippen LogP contribution >= 0.6 is 11.3 Å². The third-order valence-corrected chi connectivity index (χ3v) is 12.5. The molecule has 0 aliphatic rings. The van der Waals surface area contributed by atoms with E-state index in [0.29, 0.717) is 17.5 Å². The van der Waals surface area contributed by atoms with Crippen molar-refractivity contribution in [2.45, 2.75) is 0 Å². The molecule has 0 saturated carbocycles. The summed E-state index contributed by atoms with van der Waals surface area (Å²) in [6, 6.07) is 69.4. The van der Waals surface area contributed by atoms with Gasteiger partial charge in [0.1, 0.15) is 0 Å². The summed E-state index contributed by atoms with van der Waals surface area (Å²) in [4.78, 5) is 15.5. The molecule has 0 aliphatic carbocycles. The SMILES string of the molecule is c1ccc(-c2nc(-c3ccc(-n4c5cc6ccccc6cc5c5cc6ccccc6cc54)c(-c4ccccc4)c3)nc(-c3ccc4c(c3)sc3ccccc34)n2)cc1. The van der Waals surface area contributed by atoms with Gasteiger partial charge in [0, 0.05) is 53.2 Å². The van der Waals surface area contributed by atoms with Gasteiger partial charge in [0.25, 0.3) is 0 Å². The van der Waals surface area contributed by atoms with Crippen molar-refractivity contribution in [3.63, 3.8) is 0 Å². The van der Waals surface area contributed by atoms with E-state index in [-0.39, 0.29) is 0 Å². The quantitative estimate of drug-likeness (QED) is 0.176. The van der Waals surface area contributed by atoms with E-state index in [2.05, 4.69) is 180 Å². The molecular formula is C53H32N4S. The zero-order valence-corrected chi connectivity index (χ0v) is 32.0. The highest BCUT2D eigenvalue weighted by Crippen LogP contribution is 2.41. The van der Waals surface area contributed by atoms with Crippen LogP contribution in [0.25, 0.3) is 115 Å². The lowest BCUT2D eigenvalue weighted by atomic mass is 9.99. The van der Waals surface area contributed by atoms with Gasteiger partial charge in [-0.15, -0.1) is 11.3 Å². The molecule has 270 valence electrons. The lowest BCUT2D eigenvalue weighted by Gasteiger charge is -2.16. The summed E-state index contributed by atoms with van der Waals surface area (Å²) in [7, 11) is 0. The molecule has 0 radical (unpaired) electrons. The van der Waals surface area contributed by atoms with Crippen molar-refractivity contribution in [2.24, 2.45) is 0 Å². The number of hydrogen-bond acceptors (Lipinski definition) is 4. The fraction of sp³-hybridized carbons (Fsp3) is 0. The van der Waals surface area contributed by atoms with Gasteiger partial charge in [-0.2, -0.15) is 0 Å². The molecule has 0 amide bonds. The number of aromatic nitrogens is 4. The molecule has 0 atom stereocenters. The first-order valence-corrected chi connectivity index (χ1v) is 20.3. The minimum Gasteiger partial charge on any atom is -0.309 e. The summed E-state index contributed by atoms with van der Waals surface area (Å²) in [5.41, 5.74) is 8.46. The number of fused-ring (bicyclic) bond motifs is 8. The monoisotopic (exact) mass is 756 g/mol. The maximum Gasteiger partial charge on any atom is 0.164 e. The highest BCUT2D eigenvalue weighted by Gasteiger charge is 2.20. The second-order valence-corrected chi connectivity index (χ2v) is 15.9. The largest absolute Gasteiger partial charge is 0.309 e. The fourth-order valence-corrected chi connectivity index (χ4v) is 9.73. The number of nitrogens with zero attached hydrogens (tertiary/aromatic N) is 4. The van der Waals surface area contributed by atoms with Crippen LogP contribution < -0.4 is 0 Å². The van der Waals surface area contributed by atoms with Gasteiger partial charge in [0.2, 0.25) is 0 Å². The summed E-state index contributed by atoms with van der Waals surface area (Å²) in [6.45, 7) is 0. The Morgan fingerprint density at radius 2 is 0.810 bits per heavy atom. The predicted molar refractivity (Wildman–Crippen MR) is 244 cm³/mol. The number of hydrogen-bond donors (Lipinski definition) is 0. The van der Waals surface area contributed by atoms with Gasteiger partial charge in [-0.1, -0.05) is 140 Å². The van der Waals surface area contributed by atoms with E-state index < -0.39 is 0 Å². The molecule has 9 aromatic carbocycles.